The molecule has 0 aliphatic rings. The van der Waals surface area contributed by atoms with Gasteiger partial charge in [-0.25, -0.2) is 0 Å². The number of hydrogen-bond donors (Lipinski definition) is 1. The molecule has 3 aromatic rings. The Hall–Kier alpha value is -3.06. The van der Waals surface area contributed by atoms with Crippen molar-refractivity contribution in [2.75, 3.05) is 7.11 Å². The van der Waals surface area contributed by atoms with Crippen LogP contribution >= 0.6 is 0 Å². The van der Waals surface area contributed by atoms with E-state index in [0.29, 0.717) is 11.1 Å². The minimum absolute atomic E-state index is 0.534. The van der Waals surface area contributed by atoms with Crippen molar-refractivity contribution in [2.24, 2.45) is 0 Å². The largest absolute Gasteiger partial charge is 0.496 e. The van der Waals surface area contributed by atoms with Gasteiger partial charge in [-0.05, 0) is 54.4 Å². The maximum Gasteiger partial charge on any atom is 0.152 e. The Balaban J connectivity index is 2.25. The minimum Gasteiger partial charge on any atom is -0.496 e. The number of nitriles is 1. The number of ether oxygens (including phenoxy) is 1. The number of nitrogens with zero attached hydrogens (tertiary/aromatic N) is 1. The highest BCUT2D eigenvalue weighted by atomic mass is 16.5. The quantitative estimate of drug-likeness (QED) is 0.745. The fourth-order valence-electron chi connectivity index (χ4n) is 2.67. The number of H-pyrrole nitrogens is 1. The third-order valence-corrected chi connectivity index (χ3v) is 3.77. The highest BCUT2D eigenvalue weighted by Crippen LogP contribution is 2.32. The molecule has 4 nitrogen and oxygen atoms in total. The number of aldehydes is 1. The number of benzene rings is 2. The molecule has 0 saturated carbocycles. The van der Waals surface area contributed by atoms with Crippen LogP contribution in [0.1, 0.15) is 21.5 Å². The van der Waals surface area contributed by atoms with E-state index in [1.165, 1.54) is 0 Å². The summed E-state index contributed by atoms with van der Waals surface area (Å²) < 4.78 is 5.27. The first-order valence-electron chi connectivity index (χ1n) is 6.84. The number of aryl methyl sites for hydroxylation is 1. The molecule has 0 spiro atoms. The van der Waals surface area contributed by atoms with Crippen molar-refractivity contribution in [3.8, 4) is 23.1 Å². The van der Waals surface area contributed by atoms with E-state index in [-0.39, 0.29) is 0 Å². The standard InChI is InChI=1S/C18H14N2O2/c1-11-7-13(4-6-17(11)22-2)18-15(10-21)14-8-12(9-19)3-5-16(14)20-18/h3-8,10,20H,1-2H3. The van der Waals surface area contributed by atoms with Gasteiger partial charge in [0.15, 0.2) is 6.29 Å². The summed E-state index contributed by atoms with van der Waals surface area (Å²) in [6.45, 7) is 1.96. The highest BCUT2D eigenvalue weighted by Gasteiger charge is 2.14. The average molecular weight is 290 g/mol. The summed E-state index contributed by atoms with van der Waals surface area (Å²) in [4.78, 5) is 14.8. The summed E-state index contributed by atoms with van der Waals surface area (Å²) in [5.74, 6) is 0.805. The maximum atomic E-state index is 11.6. The van der Waals surface area contributed by atoms with Gasteiger partial charge in [-0.15, -0.1) is 0 Å². The number of rotatable bonds is 3. The molecule has 0 atom stereocenters. The third-order valence-electron chi connectivity index (χ3n) is 3.77. The highest BCUT2D eigenvalue weighted by molar-refractivity contribution is 6.04. The van der Waals surface area contributed by atoms with Crippen molar-refractivity contribution in [1.29, 1.82) is 5.26 Å². The second-order valence-electron chi connectivity index (χ2n) is 5.09. The van der Waals surface area contributed by atoms with Gasteiger partial charge in [-0.2, -0.15) is 5.26 Å². The van der Waals surface area contributed by atoms with Crippen LogP contribution in [0.2, 0.25) is 0 Å². The van der Waals surface area contributed by atoms with Gasteiger partial charge in [0.25, 0.3) is 0 Å². The number of fused-ring (bicyclic) bond motifs is 1. The summed E-state index contributed by atoms with van der Waals surface area (Å²) in [5, 5.41) is 9.78. The van der Waals surface area contributed by atoms with E-state index in [4.69, 9.17) is 10.00 Å². The third kappa shape index (κ3) is 2.13. The molecule has 4 heteroatoms. The van der Waals surface area contributed by atoms with Crippen LogP contribution in [0.5, 0.6) is 5.75 Å². The number of methoxy groups -OCH3 is 1. The Labute approximate surface area is 128 Å². The molecule has 0 fully saturated rings. The lowest BCUT2D eigenvalue weighted by molar-refractivity contribution is 0.112. The molecule has 2 aromatic carbocycles. The Morgan fingerprint density at radius 2 is 2.05 bits per heavy atom. The predicted octanol–water partition coefficient (Wildman–Crippen LogP) is 3.84. The Bertz CT molecular complexity index is 917. The smallest absolute Gasteiger partial charge is 0.152 e. The number of carbonyl (C=O) groups excluding carboxylic acids is 1. The molecule has 108 valence electrons. The van der Waals surface area contributed by atoms with Crippen LogP contribution in [0.15, 0.2) is 36.4 Å². The van der Waals surface area contributed by atoms with E-state index in [0.717, 1.165) is 39.8 Å². The molecular weight excluding hydrogens is 276 g/mol. The van der Waals surface area contributed by atoms with E-state index in [1.54, 1.807) is 19.2 Å². The lowest BCUT2D eigenvalue weighted by Crippen LogP contribution is -1.89. The molecule has 3 rings (SSSR count). The predicted molar refractivity (Wildman–Crippen MR) is 85.1 cm³/mol. The molecule has 1 aromatic heterocycles. The lowest BCUT2D eigenvalue weighted by atomic mass is 10.0. The summed E-state index contributed by atoms with van der Waals surface area (Å²) in [6.07, 6.45) is 0.828. The summed E-state index contributed by atoms with van der Waals surface area (Å²) >= 11 is 0. The van der Waals surface area contributed by atoms with Gasteiger partial charge in [-0.1, -0.05) is 0 Å². The molecule has 22 heavy (non-hydrogen) atoms. The van der Waals surface area contributed by atoms with Gasteiger partial charge in [0.1, 0.15) is 5.75 Å². The molecule has 0 saturated heterocycles. The van der Waals surface area contributed by atoms with Crippen molar-refractivity contribution in [2.45, 2.75) is 6.92 Å². The van der Waals surface area contributed by atoms with Crippen molar-refractivity contribution in [1.82, 2.24) is 4.98 Å². The first-order chi connectivity index (χ1) is 10.7. The number of nitrogens with one attached hydrogen (secondary N) is 1. The molecule has 0 bridgehead atoms. The van der Waals surface area contributed by atoms with Gasteiger partial charge in [0.2, 0.25) is 0 Å². The van der Waals surface area contributed by atoms with E-state index in [9.17, 15) is 4.79 Å². The SMILES string of the molecule is COc1ccc(-c2[nH]c3ccc(C#N)cc3c2C=O)cc1C. The molecular formula is C18H14N2O2. The topological polar surface area (TPSA) is 65.9 Å². The van der Waals surface area contributed by atoms with Gasteiger partial charge >= 0.3 is 0 Å². The van der Waals surface area contributed by atoms with Crippen molar-refractivity contribution >= 4 is 17.2 Å². The summed E-state index contributed by atoms with van der Waals surface area (Å²) in [6, 6.07) is 13.1. The summed E-state index contributed by atoms with van der Waals surface area (Å²) in [5.41, 5.74) is 4.60. The van der Waals surface area contributed by atoms with Crippen LogP contribution in [0.3, 0.4) is 0 Å². The van der Waals surface area contributed by atoms with E-state index in [1.807, 2.05) is 31.2 Å². The van der Waals surface area contributed by atoms with Gasteiger partial charge in [0.05, 0.1) is 24.4 Å². The zero-order valence-electron chi connectivity index (χ0n) is 12.3. The second-order valence-corrected chi connectivity index (χ2v) is 5.09. The van der Waals surface area contributed by atoms with Crippen LogP contribution in [-0.4, -0.2) is 18.4 Å². The van der Waals surface area contributed by atoms with Crippen LogP contribution in [0.4, 0.5) is 0 Å². The molecule has 0 aliphatic carbocycles. The van der Waals surface area contributed by atoms with Crippen LogP contribution in [0.25, 0.3) is 22.2 Å². The summed E-state index contributed by atoms with van der Waals surface area (Å²) in [7, 11) is 1.63. The lowest BCUT2D eigenvalue weighted by Gasteiger charge is -2.07. The van der Waals surface area contributed by atoms with E-state index < -0.39 is 0 Å². The fraction of sp³-hybridized carbons (Fsp3) is 0.111. The first-order valence-corrected chi connectivity index (χ1v) is 6.84. The minimum atomic E-state index is 0.534. The molecule has 0 aliphatic heterocycles. The Kier molecular flexibility index (Phi) is 3.40. The molecule has 1 heterocycles. The molecule has 0 unspecified atom stereocenters. The average Bonchev–Trinajstić information content (AvgIpc) is 2.92. The first kappa shape index (κ1) is 13.9. The van der Waals surface area contributed by atoms with Gasteiger partial charge < -0.3 is 9.72 Å². The molecule has 0 radical (unpaired) electrons. The number of carbonyl (C=O) groups is 1. The number of hydrogen-bond acceptors (Lipinski definition) is 3. The fourth-order valence-corrected chi connectivity index (χ4v) is 2.67. The van der Waals surface area contributed by atoms with E-state index in [2.05, 4.69) is 11.1 Å². The van der Waals surface area contributed by atoms with Crippen LogP contribution in [0, 0.1) is 18.3 Å². The van der Waals surface area contributed by atoms with Gasteiger partial charge in [-0.3, -0.25) is 4.79 Å². The van der Waals surface area contributed by atoms with Crippen LogP contribution in [-0.2, 0) is 0 Å². The Morgan fingerprint density at radius 3 is 2.68 bits per heavy atom. The number of aromatic nitrogens is 1. The monoisotopic (exact) mass is 290 g/mol. The van der Waals surface area contributed by atoms with E-state index >= 15 is 0 Å². The maximum absolute atomic E-state index is 11.6. The normalized spacial score (nSPS) is 10.4. The van der Waals surface area contributed by atoms with Gasteiger partial charge in [0, 0.05) is 16.5 Å². The van der Waals surface area contributed by atoms with Crippen molar-refractivity contribution < 1.29 is 9.53 Å². The molecule has 1 N–H and O–H groups in total. The zero-order chi connectivity index (χ0) is 15.7. The van der Waals surface area contributed by atoms with Crippen molar-refractivity contribution in [3.05, 3.63) is 53.1 Å². The molecule has 0 amide bonds. The second kappa shape index (κ2) is 5.38. The van der Waals surface area contributed by atoms with Crippen LogP contribution < -0.4 is 4.74 Å². The zero-order valence-corrected chi connectivity index (χ0v) is 12.3. The number of aromatic amines is 1. The van der Waals surface area contributed by atoms with Crippen molar-refractivity contribution in [3.63, 3.8) is 0 Å². The Morgan fingerprint density at radius 1 is 1.23 bits per heavy atom.